The predicted molar refractivity (Wildman–Crippen MR) is 55.4 cm³/mol. The Morgan fingerprint density at radius 1 is 1.53 bits per heavy atom. The summed E-state index contributed by atoms with van der Waals surface area (Å²) in [4.78, 5) is 10.2. The monoisotopic (exact) mass is 228 g/mol. The SMILES string of the molecule is O=[N+]([O-])c1cc(Cl)ccc1OC1CNC1. The van der Waals surface area contributed by atoms with Crippen molar-refractivity contribution in [2.24, 2.45) is 0 Å². The summed E-state index contributed by atoms with van der Waals surface area (Å²) in [6.07, 6.45) is 0.0184. The molecule has 15 heavy (non-hydrogen) atoms. The lowest BCUT2D eigenvalue weighted by molar-refractivity contribution is -0.386. The van der Waals surface area contributed by atoms with Crippen molar-refractivity contribution in [2.45, 2.75) is 6.10 Å². The van der Waals surface area contributed by atoms with Gasteiger partial charge in [0.2, 0.25) is 0 Å². The molecule has 0 bridgehead atoms. The zero-order valence-corrected chi connectivity index (χ0v) is 8.53. The summed E-state index contributed by atoms with van der Waals surface area (Å²) >= 11 is 5.67. The molecule has 0 aromatic heterocycles. The Morgan fingerprint density at radius 2 is 2.27 bits per heavy atom. The van der Waals surface area contributed by atoms with E-state index in [9.17, 15) is 10.1 Å². The highest BCUT2D eigenvalue weighted by Gasteiger charge is 2.23. The minimum atomic E-state index is -0.493. The number of rotatable bonds is 3. The highest BCUT2D eigenvalue weighted by atomic mass is 35.5. The minimum absolute atomic E-state index is 0.0184. The van der Waals surface area contributed by atoms with Crippen LogP contribution < -0.4 is 10.1 Å². The van der Waals surface area contributed by atoms with Crippen LogP contribution in [0, 0.1) is 10.1 Å². The third kappa shape index (κ3) is 2.19. The fourth-order valence-electron chi connectivity index (χ4n) is 1.26. The van der Waals surface area contributed by atoms with E-state index in [-0.39, 0.29) is 17.5 Å². The standard InChI is InChI=1S/C9H9ClN2O3/c10-6-1-2-9(8(3-6)12(13)14)15-7-4-11-5-7/h1-3,7,11H,4-5H2. The quantitative estimate of drug-likeness (QED) is 0.631. The van der Waals surface area contributed by atoms with Crippen molar-refractivity contribution in [3.8, 4) is 5.75 Å². The summed E-state index contributed by atoms with van der Waals surface area (Å²) in [6, 6.07) is 4.40. The zero-order valence-electron chi connectivity index (χ0n) is 7.77. The molecule has 0 aliphatic carbocycles. The molecule has 0 radical (unpaired) electrons. The van der Waals surface area contributed by atoms with Crippen molar-refractivity contribution in [1.82, 2.24) is 5.32 Å². The number of benzene rings is 1. The molecular weight excluding hydrogens is 220 g/mol. The van der Waals surface area contributed by atoms with Gasteiger partial charge in [-0.3, -0.25) is 10.1 Å². The van der Waals surface area contributed by atoms with E-state index in [1.165, 1.54) is 12.1 Å². The van der Waals surface area contributed by atoms with Gasteiger partial charge in [-0.25, -0.2) is 0 Å². The van der Waals surface area contributed by atoms with Crippen LogP contribution in [0.5, 0.6) is 5.75 Å². The molecule has 1 heterocycles. The highest BCUT2D eigenvalue weighted by Crippen LogP contribution is 2.30. The molecule has 0 amide bonds. The Hall–Kier alpha value is -1.33. The average molecular weight is 229 g/mol. The third-order valence-corrected chi connectivity index (χ3v) is 2.39. The molecule has 5 nitrogen and oxygen atoms in total. The lowest BCUT2D eigenvalue weighted by Crippen LogP contribution is -2.50. The Balaban J connectivity index is 2.23. The Bertz CT molecular complexity index is 393. The van der Waals surface area contributed by atoms with Gasteiger partial charge in [0.25, 0.3) is 0 Å². The fraction of sp³-hybridized carbons (Fsp3) is 0.333. The molecule has 1 aromatic carbocycles. The van der Waals surface area contributed by atoms with Crippen molar-refractivity contribution in [3.63, 3.8) is 0 Å². The zero-order chi connectivity index (χ0) is 10.8. The molecule has 1 saturated heterocycles. The topological polar surface area (TPSA) is 64.4 Å². The molecule has 1 fully saturated rings. The van der Waals surface area contributed by atoms with Crippen molar-refractivity contribution < 1.29 is 9.66 Å². The van der Waals surface area contributed by atoms with Gasteiger partial charge in [0.1, 0.15) is 6.10 Å². The summed E-state index contributed by atoms with van der Waals surface area (Å²) < 4.78 is 5.43. The van der Waals surface area contributed by atoms with Gasteiger partial charge in [0.05, 0.1) is 4.92 Å². The van der Waals surface area contributed by atoms with Crippen LogP contribution in [0.2, 0.25) is 5.02 Å². The first-order valence-corrected chi connectivity index (χ1v) is 4.86. The van der Waals surface area contributed by atoms with Crippen LogP contribution in [-0.2, 0) is 0 Å². The summed E-state index contributed by atoms with van der Waals surface area (Å²) in [6.45, 7) is 1.44. The van der Waals surface area contributed by atoms with Crippen LogP contribution in [0.4, 0.5) is 5.69 Å². The van der Waals surface area contributed by atoms with Crippen LogP contribution in [0.15, 0.2) is 18.2 Å². The average Bonchev–Trinajstić information content (AvgIpc) is 2.12. The minimum Gasteiger partial charge on any atom is -0.481 e. The molecule has 6 heteroatoms. The summed E-state index contributed by atoms with van der Waals surface area (Å²) in [5.41, 5.74) is -0.0885. The molecule has 0 saturated carbocycles. The third-order valence-electron chi connectivity index (χ3n) is 2.16. The number of nitro benzene ring substituents is 1. The number of hydrogen-bond acceptors (Lipinski definition) is 4. The van der Waals surface area contributed by atoms with E-state index < -0.39 is 4.92 Å². The Kier molecular flexibility index (Phi) is 2.75. The largest absolute Gasteiger partial charge is 0.481 e. The lowest BCUT2D eigenvalue weighted by Gasteiger charge is -2.27. The van der Waals surface area contributed by atoms with Gasteiger partial charge in [0, 0.05) is 24.2 Å². The summed E-state index contributed by atoms with van der Waals surface area (Å²) in [5.74, 6) is 0.274. The van der Waals surface area contributed by atoms with Crippen molar-refractivity contribution in [1.29, 1.82) is 0 Å². The molecule has 1 aromatic rings. The summed E-state index contributed by atoms with van der Waals surface area (Å²) in [7, 11) is 0. The smallest absolute Gasteiger partial charge is 0.312 e. The van der Waals surface area contributed by atoms with E-state index in [4.69, 9.17) is 16.3 Å². The Morgan fingerprint density at radius 3 is 2.80 bits per heavy atom. The maximum absolute atomic E-state index is 10.7. The fourth-order valence-corrected chi connectivity index (χ4v) is 1.42. The van der Waals surface area contributed by atoms with Crippen LogP contribution in [0.1, 0.15) is 0 Å². The number of nitrogens with one attached hydrogen (secondary N) is 1. The van der Waals surface area contributed by atoms with Gasteiger partial charge in [-0.15, -0.1) is 0 Å². The second kappa shape index (κ2) is 4.04. The van der Waals surface area contributed by atoms with E-state index in [2.05, 4.69) is 5.32 Å². The van der Waals surface area contributed by atoms with Crippen LogP contribution in [-0.4, -0.2) is 24.1 Å². The van der Waals surface area contributed by atoms with E-state index in [1.807, 2.05) is 0 Å². The number of halogens is 1. The first kappa shape index (κ1) is 10.2. The predicted octanol–water partition coefficient (Wildman–Crippen LogP) is 1.60. The van der Waals surface area contributed by atoms with E-state index in [1.54, 1.807) is 6.07 Å². The molecule has 80 valence electrons. The van der Waals surface area contributed by atoms with Crippen LogP contribution in [0.25, 0.3) is 0 Å². The van der Waals surface area contributed by atoms with Crippen molar-refractivity contribution in [2.75, 3.05) is 13.1 Å². The van der Waals surface area contributed by atoms with Gasteiger partial charge >= 0.3 is 5.69 Å². The molecule has 0 spiro atoms. The highest BCUT2D eigenvalue weighted by molar-refractivity contribution is 6.30. The van der Waals surface area contributed by atoms with E-state index in [0.29, 0.717) is 5.02 Å². The molecular formula is C9H9ClN2O3. The number of ether oxygens (including phenoxy) is 1. The van der Waals surface area contributed by atoms with E-state index in [0.717, 1.165) is 13.1 Å². The molecule has 2 rings (SSSR count). The normalized spacial score (nSPS) is 15.8. The first-order valence-electron chi connectivity index (χ1n) is 4.48. The van der Waals surface area contributed by atoms with Gasteiger partial charge in [-0.1, -0.05) is 11.6 Å². The van der Waals surface area contributed by atoms with Gasteiger partial charge in [-0.2, -0.15) is 0 Å². The molecule has 1 N–H and O–H groups in total. The maximum atomic E-state index is 10.7. The van der Waals surface area contributed by atoms with Gasteiger partial charge in [-0.05, 0) is 12.1 Å². The van der Waals surface area contributed by atoms with E-state index >= 15 is 0 Å². The van der Waals surface area contributed by atoms with Crippen molar-refractivity contribution >= 4 is 17.3 Å². The lowest BCUT2D eigenvalue weighted by atomic mass is 10.2. The number of hydrogen-bond donors (Lipinski definition) is 1. The number of nitro groups is 1. The molecule has 1 aliphatic heterocycles. The molecule has 1 aliphatic rings. The first-order chi connectivity index (χ1) is 7.16. The molecule has 0 atom stereocenters. The van der Waals surface area contributed by atoms with Crippen LogP contribution >= 0.6 is 11.6 Å². The molecule has 0 unspecified atom stereocenters. The van der Waals surface area contributed by atoms with Gasteiger partial charge < -0.3 is 10.1 Å². The Labute approximate surface area is 91.1 Å². The summed E-state index contributed by atoms with van der Waals surface area (Å²) in [5, 5.41) is 14.1. The second-order valence-electron chi connectivity index (χ2n) is 3.27. The van der Waals surface area contributed by atoms with Crippen molar-refractivity contribution in [3.05, 3.63) is 33.3 Å². The maximum Gasteiger partial charge on any atom is 0.312 e. The van der Waals surface area contributed by atoms with Crippen LogP contribution in [0.3, 0.4) is 0 Å². The second-order valence-corrected chi connectivity index (χ2v) is 3.70. The number of nitrogens with zero attached hydrogens (tertiary/aromatic N) is 1. The van der Waals surface area contributed by atoms with Gasteiger partial charge in [0.15, 0.2) is 5.75 Å².